The maximum Gasteiger partial charge on any atom is 0.255 e. The number of rotatable bonds is 10. The molecule has 35 heavy (non-hydrogen) atoms. The molecule has 3 aromatic rings. The Labute approximate surface area is 207 Å². The van der Waals surface area contributed by atoms with Gasteiger partial charge in [0.15, 0.2) is 0 Å². The maximum atomic E-state index is 14.1. The molecular formula is C29H34FN3O2. The summed E-state index contributed by atoms with van der Waals surface area (Å²) in [5.41, 5.74) is 2.70. The fraction of sp³-hybridized carbons (Fsp3) is 0.310. The number of hydrogen-bond acceptors (Lipinski definition) is 3. The first-order valence-corrected chi connectivity index (χ1v) is 12.0. The van der Waals surface area contributed by atoms with E-state index < -0.39 is 5.67 Å². The van der Waals surface area contributed by atoms with Crippen molar-refractivity contribution in [2.45, 2.75) is 46.5 Å². The fourth-order valence-corrected chi connectivity index (χ4v) is 3.81. The minimum Gasteiger partial charge on any atom is -0.348 e. The van der Waals surface area contributed by atoms with Gasteiger partial charge in [0.1, 0.15) is 5.67 Å². The van der Waals surface area contributed by atoms with Crippen molar-refractivity contribution >= 4 is 17.5 Å². The topological polar surface area (TPSA) is 61.4 Å². The van der Waals surface area contributed by atoms with Crippen LogP contribution >= 0.6 is 0 Å². The van der Waals surface area contributed by atoms with Crippen molar-refractivity contribution in [3.8, 4) is 0 Å². The van der Waals surface area contributed by atoms with E-state index in [1.807, 2.05) is 18.2 Å². The Hall–Kier alpha value is -3.51. The monoisotopic (exact) mass is 475 g/mol. The van der Waals surface area contributed by atoms with Crippen molar-refractivity contribution in [3.05, 3.63) is 101 Å². The number of carbonyl (C=O) groups excluding carboxylic acids is 2. The van der Waals surface area contributed by atoms with Gasteiger partial charge in [-0.2, -0.15) is 0 Å². The Morgan fingerprint density at radius 2 is 1.49 bits per heavy atom. The lowest BCUT2D eigenvalue weighted by Crippen LogP contribution is -2.26. The van der Waals surface area contributed by atoms with Gasteiger partial charge in [-0.1, -0.05) is 56.3 Å². The molecule has 0 fully saturated rings. The van der Waals surface area contributed by atoms with Crippen LogP contribution in [0.3, 0.4) is 0 Å². The molecule has 0 radical (unpaired) electrons. The number of benzene rings is 3. The van der Waals surface area contributed by atoms with Crippen molar-refractivity contribution in [1.82, 2.24) is 10.2 Å². The summed E-state index contributed by atoms with van der Waals surface area (Å²) in [6.07, 6.45) is 0. The molecule has 0 aromatic heterocycles. The van der Waals surface area contributed by atoms with Gasteiger partial charge in [-0.25, -0.2) is 4.39 Å². The molecule has 0 aliphatic heterocycles. The van der Waals surface area contributed by atoms with Gasteiger partial charge in [-0.3, -0.25) is 14.5 Å². The Balaban J connectivity index is 1.64. The lowest BCUT2D eigenvalue weighted by Gasteiger charge is -2.20. The summed E-state index contributed by atoms with van der Waals surface area (Å²) in [7, 11) is 0. The Bertz CT molecular complexity index is 1150. The molecule has 0 unspecified atom stereocenters. The van der Waals surface area contributed by atoms with Crippen LogP contribution in [0, 0.1) is 0 Å². The lowest BCUT2D eigenvalue weighted by molar-refractivity contribution is 0.0949. The van der Waals surface area contributed by atoms with E-state index in [0.29, 0.717) is 28.9 Å². The van der Waals surface area contributed by atoms with Crippen LogP contribution in [-0.2, 0) is 18.8 Å². The SMILES string of the molecule is CCN(CC)Cc1ccccc1CNC(=O)c1cccc(NC(=O)c2ccc(C(C)(C)F)cc2)c1. The highest BCUT2D eigenvalue weighted by atomic mass is 19.1. The zero-order valence-electron chi connectivity index (χ0n) is 20.9. The molecule has 6 heteroatoms. The fourth-order valence-electron chi connectivity index (χ4n) is 3.81. The molecule has 5 nitrogen and oxygen atoms in total. The van der Waals surface area contributed by atoms with E-state index in [-0.39, 0.29) is 11.8 Å². The van der Waals surface area contributed by atoms with Crippen molar-refractivity contribution < 1.29 is 14.0 Å². The van der Waals surface area contributed by atoms with Gasteiger partial charge in [-0.05, 0) is 74.0 Å². The van der Waals surface area contributed by atoms with Crippen LogP contribution in [0.4, 0.5) is 10.1 Å². The average molecular weight is 476 g/mol. The molecule has 0 heterocycles. The average Bonchev–Trinajstić information content (AvgIpc) is 2.86. The van der Waals surface area contributed by atoms with Gasteiger partial charge < -0.3 is 10.6 Å². The first-order chi connectivity index (χ1) is 16.7. The smallest absolute Gasteiger partial charge is 0.255 e. The number of nitrogens with zero attached hydrogens (tertiary/aromatic N) is 1. The van der Waals surface area contributed by atoms with Crippen LogP contribution in [0.5, 0.6) is 0 Å². The molecule has 0 bridgehead atoms. The van der Waals surface area contributed by atoms with Crippen molar-refractivity contribution in [1.29, 1.82) is 0 Å². The van der Waals surface area contributed by atoms with Gasteiger partial charge in [-0.15, -0.1) is 0 Å². The molecule has 0 aliphatic rings. The van der Waals surface area contributed by atoms with Gasteiger partial charge >= 0.3 is 0 Å². The second kappa shape index (κ2) is 11.8. The van der Waals surface area contributed by atoms with Crippen LogP contribution < -0.4 is 10.6 Å². The Morgan fingerprint density at radius 3 is 2.11 bits per heavy atom. The maximum absolute atomic E-state index is 14.1. The minimum absolute atomic E-state index is 0.215. The molecular weight excluding hydrogens is 441 g/mol. The highest BCUT2D eigenvalue weighted by Gasteiger charge is 2.19. The molecule has 2 amide bonds. The third kappa shape index (κ3) is 7.23. The van der Waals surface area contributed by atoms with Crippen LogP contribution in [0.1, 0.15) is 65.1 Å². The minimum atomic E-state index is -1.47. The normalized spacial score (nSPS) is 11.4. The number of anilines is 1. The second-order valence-electron chi connectivity index (χ2n) is 9.00. The van der Waals surface area contributed by atoms with E-state index in [1.54, 1.807) is 48.5 Å². The van der Waals surface area contributed by atoms with E-state index in [9.17, 15) is 14.0 Å². The number of carbonyl (C=O) groups is 2. The first kappa shape index (κ1) is 26.1. The first-order valence-electron chi connectivity index (χ1n) is 12.0. The predicted molar refractivity (Wildman–Crippen MR) is 139 cm³/mol. The summed E-state index contributed by atoms with van der Waals surface area (Å²) < 4.78 is 14.1. The summed E-state index contributed by atoms with van der Waals surface area (Å²) in [6.45, 7) is 10.4. The van der Waals surface area contributed by atoms with Crippen molar-refractivity contribution in [2.24, 2.45) is 0 Å². The number of hydrogen-bond donors (Lipinski definition) is 2. The quantitative estimate of drug-likeness (QED) is 0.383. The molecule has 184 valence electrons. The molecule has 0 atom stereocenters. The molecule has 0 aliphatic carbocycles. The summed E-state index contributed by atoms with van der Waals surface area (Å²) in [5, 5.41) is 5.80. The molecule has 0 saturated carbocycles. The van der Waals surface area contributed by atoms with E-state index in [4.69, 9.17) is 0 Å². The van der Waals surface area contributed by atoms with E-state index in [0.717, 1.165) is 25.2 Å². The van der Waals surface area contributed by atoms with Crippen LogP contribution in [0.2, 0.25) is 0 Å². The molecule has 3 aromatic carbocycles. The van der Waals surface area contributed by atoms with Gasteiger partial charge in [0.25, 0.3) is 11.8 Å². The van der Waals surface area contributed by atoms with Gasteiger partial charge in [0.2, 0.25) is 0 Å². The molecule has 0 spiro atoms. The molecule has 3 rings (SSSR count). The van der Waals surface area contributed by atoms with Crippen molar-refractivity contribution in [3.63, 3.8) is 0 Å². The summed E-state index contributed by atoms with van der Waals surface area (Å²) in [6, 6.07) is 21.3. The Morgan fingerprint density at radius 1 is 0.829 bits per heavy atom. The van der Waals surface area contributed by atoms with Crippen LogP contribution in [0.25, 0.3) is 0 Å². The summed E-state index contributed by atoms with van der Waals surface area (Å²) in [5.74, 6) is -0.538. The highest BCUT2D eigenvalue weighted by Crippen LogP contribution is 2.24. The molecule has 0 saturated heterocycles. The van der Waals surface area contributed by atoms with Gasteiger partial charge in [0.05, 0.1) is 0 Å². The number of amides is 2. The van der Waals surface area contributed by atoms with Crippen LogP contribution in [-0.4, -0.2) is 29.8 Å². The number of halogens is 1. The van der Waals surface area contributed by atoms with E-state index in [2.05, 4.69) is 35.4 Å². The largest absolute Gasteiger partial charge is 0.348 e. The highest BCUT2D eigenvalue weighted by molar-refractivity contribution is 6.05. The second-order valence-corrected chi connectivity index (χ2v) is 9.00. The summed E-state index contributed by atoms with van der Waals surface area (Å²) >= 11 is 0. The molecule has 2 N–H and O–H groups in total. The van der Waals surface area contributed by atoms with E-state index >= 15 is 0 Å². The zero-order valence-corrected chi connectivity index (χ0v) is 20.9. The van der Waals surface area contributed by atoms with Gasteiger partial charge in [0, 0.05) is 29.9 Å². The standard InChI is InChI=1S/C29H34FN3O2/c1-5-33(6-2)20-24-11-8-7-10-23(24)19-31-27(34)22-12-9-13-26(18-22)32-28(35)21-14-16-25(17-15-21)29(3,4)30/h7-18H,5-6,19-20H2,1-4H3,(H,31,34)(H,32,35). The zero-order chi connectivity index (χ0) is 25.4. The Kier molecular flexibility index (Phi) is 8.77. The number of alkyl halides is 1. The van der Waals surface area contributed by atoms with E-state index in [1.165, 1.54) is 19.4 Å². The lowest BCUT2D eigenvalue weighted by atomic mass is 9.99. The van der Waals surface area contributed by atoms with Crippen molar-refractivity contribution in [2.75, 3.05) is 18.4 Å². The third-order valence-electron chi connectivity index (χ3n) is 6.06. The summed E-state index contributed by atoms with van der Waals surface area (Å²) in [4.78, 5) is 27.8. The third-order valence-corrected chi connectivity index (χ3v) is 6.06. The predicted octanol–water partition coefficient (Wildman–Crippen LogP) is 5.92. The number of nitrogens with one attached hydrogen (secondary N) is 2. The van der Waals surface area contributed by atoms with Crippen LogP contribution in [0.15, 0.2) is 72.8 Å².